The highest BCUT2D eigenvalue weighted by atomic mass is 19.4. The number of halogens is 3. The molecule has 0 radical (unpaired) electrons. The van der Waals surface area contributed by atoms with Gasteiger partial charge in [0.15, 0.2) is 5.82 Å². The van der Waals surface area contributed by atoms with Crippen LogP contribution in [0, 0.1) is 6.92 Å². The smallest absolute Gasteiger partial charge is 0.416 e. The minimum absolute atomic E-state index is 0.107. The van der Waals surface area contributed by atoms with Crippen LogP contribution in [-0.4, -0.2) is 33.4 Å². The number of aromatic nitrogens is 3. The van der Waals surface area contributed by atoms with Crippen molar-refractivity contribution in [3.05, 3.63) is 66.1 Å². The Labute approximate surface area is 174 Å². The maximum absolute atomic E-state index is 13.0. The van der Waals surface area contributed by atoms with Crippen molar-refractivity contribution in [2.45, 2.75) is 20.2 Å². The van der Waals surface area contributed by atoms with Crippen molar-refractivity contribution in [2.24, 2.45) is 0 Å². The zero-order chi connectivity index (χ0) is 22.2. The number of para-hydroxylation sites is 1. The number of alkyl halides is 3. The number of carbonyl (C=O) groups excluding carboxylic acids is 1. The molecule has 0 aliphatic heterocycles. The van der Waals surface area contributed by atoms with Crippen LogP contribution < -0.4 is 9.64 Å². The molecule has 2 heterocycles. The van der Waals surface area contributed by atoms with E-state index in [1.54, 1.807) is 11.8 Å². The third kappa shape index (κ3) is 4.09. The lowest BCUT2D eigenvalue weighted by molar-refractivity contribution is -0.274. The predicted molar refractivity (Wildman–Crippen MR) is 106 cm³/mol. The van der Waals surface area contributed by atoms with Gasteiger partial charge in [-0.3, -0.25) is 4.79 Å². The Morgan fingerprint density at radius 3 is 2.39 bits per heavy atom. The van der Waals surface area contributed by atoms with Gasteiger partial charge in [0.2, 0.25) is 5.76 Å². The zero-order valence-electron chi connectivity index (χ0n) is 16.6. The Balaban J connectivity index is 1.62. The molecule has 4 aromatic rings. The molecule has 0 aliphatic carbocycles. The van der Waals surface area contributed by atoms with E-state index in [1.807, 2.05) is 37.3 Å². The first kappa shape index (κ1) is 20.5. The first-order valence-electron chi connectivity index (χ1n) is 9.36. The number of carbonyl (C=O) groups is 1. The van der Waals surface area contributed by atoms with E-state index in [0.717, 1.165) is 5.69 Å². The van der Waals surface area contributed by atoms with Gasteiger partial charge >= 0.3 is 12.2 Å². The molecule has 2 aromatic heterocycles. The van der Waals surface area contributed by atoms with E-state index in [2.05, 4.69) is 14.8 Å². The third-order valence-corrected chi connectivity index (χ3v) is 4.59. The fraction of sp³-hybridized carbons (Fsp3) is 0.190. The minimum atomic E-state index is -4.76. The highest BCUT2D eigenvalue weighted by Crippen LogP contribution is 2.27. The lowest BCUT2D eigenvalue weighted by Crippen LogP contribution is -2.30. The monoisotopic (exact) mass is 430 g/mol. The maximum Gasteiger partial charge on any atom is 0.573 e. The number of hydrogen-bond donors (Lipinski definition) is 0. The summed E-state index contributed by atoms with van der Waals surface area (Å²) in [5, 5.41) is 4.33. The van der Waals surface area contributed by atoms with Crippen LogP contribution in [0.3, 0.4) is 0 Å². The number of fused-ring (bicyclic) bond motifs is 1. The largest absolute Gasteiger partial charge is 0.573 e. The Morgan fingerprint density at radius 2 is 1.81 bits per heavy atom. The van der Waals surface area contributed by atoms with Crippen LogP contribution >= 0.6 is 0 Å². The number of rotatable bonds is 5. The summed E-state index contributed by atoms with van der Waals surface area (Å²) in [6, 6.07) is 14.4. The summed E-state index contributed by atoms with van der Waals surface area (Å²) in [6.45, 7) is 3.98. The molecule has 1 amide bonds. The molecule has 2 aromatic carbocycles. The topological polar surface area (TPSA) is 72.9 Å². The summed E-state index contributed by atoms with van der Waals surface area (Å²) < 4.78 is 47.9. The number of oxazole rings is 1. The lowest BCUT2D eigenvalue weighted by Gasteiger charge is -2.19. The lowest BCUT2D eigenvalue weighted by atomic mass is 10.2. The first-order valence-corrected chi connectivity index (χ1v) is 9.36. The summed E-state index contributed by atoms with van der Waals surface area (Å²) in [5.74, 6) is -0.205. The number of aryl methyl sites for hydroxylation is 1. The highest BCUT2D eigenvalue weighted by Gasteiger charge is 2.31. The van der Waals surface area contributed by atoms with E-state index < -0.39 is 6.36 Å². The second-order valence-corrected chi connectivity index (χ2v) is 6.60. The Kier molecular flexibility index (Phi) is 5.14. The quantitative estimate of drug-likeness (QED) is 0.452. The highest BCUT2D eigenvalue weighted by molar-refractivity contribution is 6.05. The second-order valence-electron chi connectivity index (χ2n) is 6.60. The molecule has 0 atom stereocenters. The molecule has 0 saturated heterocycles. The molecule has 160 valence electrons. The molecule has 0 spiro atoms. The van der Waals surface area contributed by atoms with Gasteiger partial charge in [-0.1, -0.05) is 18.2 Å². The van der Waals surface area contributed by atoms with Crippen LogP contribution in [0.1, 0.15) is 23.2 Å². The van der Waals surface area contributed by atoms with Gasteiger partial charge in [0.25, 0.3) is 5.91 Å². The van der Waals surface area contributed by atoms with E-state index in [1.165, 1.54) is 28.8 Å². The Morgan fingerprint density at radius 1 is 1.13 bits per heavy atom. The molecule has 0 N–H and O–H groups in total. The van der Waals surface area contributed by atoms with Gasteiger partial charge in [-0.15, -0.1) is 18.3 Å². The fourth-order valence-electron chi connectivity index (χ4n) is 3.14. The van der Waals surface area contributed by atoms with Crippen molar-refractivity contribution in [3.63, 3.8) is 0 Å². The number of anilines is 1. The fourth-order valence-corrected chi connectivity index (χ4v) is 3.14. The molecule has 0 unspecified atom stereocenters. The molecular weight excluding hydrogens is 413 g/mol. The summed E-state index contributed by atoms with van der Waals surface area (Å²) >= 11 is 0. The predicted octanol–water partition coefficient (Wildman–Crippen LogP) is 4.86. The molecule has 0 aliphatic rings. The van der Waals surface area contributed by atoms with Gasteiger partial charge in [-0.25, -0.2) is 0 Å². The molecule has 4 rings (SSSR count). The summed E-state index contributed by atoms with van der Waals surface area (Å²) in [6.07, 6.45) is -4.76. The number of nitrogens with zero attached hydrogens (tertiary/aromatic N) is 4. The molecule has 31 heavy (non-hydrogen) atoms. The van der Waals surface area contributed by atoms with Crippen molar-refractivity contribution in [2.75, 3.05) is 11.4 Å². The minimum Gasteiger partial charge on any atom is -0.416 e. The summed E-state index contributed by atoms with van der Waals surface area (Å²) in [4.78, 5) is 18.9. The molecule has 7 nitrogen and oxygen atoms in total. The first-order chi connectivity index (χ1) is 14.8. The van der Waals surface area contributed by atoms with Crippen molar-refractivity contribution >= 4 is 17.4 Å². The Bertz CT molecular complexity index is 1210. The molecular formula is C21H17F3N4O3. The van der Waals surface area contributed by atoms with Gasteiger partial charge in [0.1, 0.15) is 5.75 Å². The van der Waals surface area contributed by atoms with Gasteiger partial charge < -0.3 is 14.1 Å². The van der Waals surface area contributed by atoms with E-state index >= 15 is 0 Å². The van der Waals surface area contributed by atoms with Crippen LogP contribution in [-0.2, 0) is 0 Å². The van der Waals surface area contributed by atoms with Crippen molar-refractivity contribution in [3.8, 4) is 17.1 Å². The molecule has 0 fully saturated rings. The van der Waals surface area contributed by atoms with Crippen LogP contribution in [0.2, 0.25) is 0 Å². The molecule has 0 saturated carbocycles. The van der Waals surface area contributed by atoms with Crippen LogP contribution in [0.25, 0.3) is 17.2 Å². The summed E-state index contributed by atoms with van der Waals surface area (Å²) in [5.41, 5.74) is 1.67. The average molecular weight is 430 g/mol. The van der Waals surface area contributed by atoms with E-state index in [9.17, 15) is 18.0 Å². The van der Waals surface area contributed by atoms with Crippen molar-refractivity contribution in [1.82, 2.24) is 14.6 Å². The standard InChI is InChI=1S/C21H17F3N4O3/c1-3-27(15-7-5-4-6-8-15)19(29)17-13(2)28-20(30-17)25-18(26-28)14-9-11-16(12-10-14)31-21(22,23)24/h4-12H,3H2,1-2H3. The number of benzene rings is 2. The van der Waals surface area contributed by atoms with E-state index in [0.29, 0.717) is 17.8 Å². The third-order valence-electron chi connectivity index (χ3n) is 4.59. The summed E-state index contributed by atoms with van der Waals surface area (Å²) in [7, 11) is 0. The van der Waals surface area contributed by atoms with Crippen LogP contribution in [0.5, 0.6) is 5.75 Å². The Hall–Kier alpha value is -3.82. The van der Waals surface area contributed by atoms with Gasteiger partial charge in [-0.2, -0.15) is 9.50 Å². The number of ether oxygens (including phenoxy) is 1. The van der Waals surface area contributed by atoms with Gasteiger partial charge in [0, 0.05) is 17.8 Å². The molecule has 10 heteroatoms. The number of amides is 1. The van der Waals surface area contributed by atoms with E-state index in [-0.39, 0.29) is 29.1 Å². The maximum atomic E-state index is 13.0. The zero-order valence-corrected chi connectivity index (χ0v) is 16.6. The van der Waals surface area contributed by atoms with Crippen LogP contribution in [0.4, 0.5) is 18.9 Å². The van der Waals surface area contributed by atoms with Gasteiger partial charge in [0.05, 0.1) is 5.69 Å². The van der Waals surface area contributed by atoms with Crippen molar-refractivity contribution < 1.29 is 27.1 Å². The van der Waals surface area contributed by atoms with E-state index in [4.69, 9.17) is 4.42 Å². The average Bonchev–Trinajstić information content (AvgIpc) is 3.28. The number of hydrogen-bond acceptors (Lipinski definition) is 5. The second kappa shape index (κ2) is 7.78. The normalized spacial score (nSPS) is 11.6. The molecule has 0 bridgehead atoms. The SMILES string of the molecule is CCN(C(=O)c1oc2nc(-c3ccc(OC(F)(F)F)cc3)nn2c1C)c1ccccc1. The van der Waals surface area contributed by atoms with Gasteiger partial charge in [-0.05, 0) is 50.2 Å². The van der Waals surface area contributed by atoms with Crippen molar-refractivity contribution in [1.29, 1.82) is 0 Å². The van der Waals surface area contributed by atoms with Crippen LogP contribution in [0.15, 0.2) is 59.0 Å².